The van der Waals surface area contributed by atoms with E-state index < -0.39 is 0 Å². The quantitative estimate of drug-likeness (QED) is 0.694. The summed E-state index contributed by atoms with van der Waals surface area (Å²) in [6, 6.07) is 15.8. The minimum Gasteiger partial charge on any atom is -0.370 e. The number of rotatable bonds is 5. The second kappa shape index (κ2) is 8.35. The number of anilines is 1. The standard InChI is InChI=1S/C24H24N4O3/c29-23-15-31-14-20(26-23)11-19-13-28(22-7-2-1-6-21(19)22)24(30)18-5-3-4-17(10-18)12-27-9-8-25-16-27/h1-10,16,19-20H,11-15H2,(H,26,29). The van der Waals surface area contributed by atoms with Crippen molar-refractivity contribution in [2.45, 2.75) is 24.9 Å². The van der Waals surface area contributed by atoms with Gasteiger partial charge in [-0.15, -0.1) is 0 Å². The third-order valence-corrected chi connectivity index (χ3v) is 5.90. The lowest BCUT2D eigenvalue weighted by atomic mass is 9.94. The summed E-state index contributed by atoms with van der Waals surface area (Å²) < 4.78 is 7.37. The number of para-hydroxylation sites is 1. The third-order valence-electron chi connectivity index (χ3n) is 5.90. The summed E-state index contributed by atoms with van der Waals surface area (Å²) in [5.74, 6) is 0.0674. The van der Waals surface area contributed by atoms with E-state index in [9.17, 15) is 9.59 Å². The van der Waals surface area contributed by atoms with E-state index in [2.05, 4.69) is 16.4 Å². The number of hydrogen-bond acceptors (Lipinski definition) is 4. The van der Waals surface area contributed by atoms with Crippen LogP contribution in [0.3, 0.4) is 0 Å². The van der Waals surface area contributed by atoms with Crippen LogP contribution in [0.15, 0.2) is 67.3 Å². The van der Waals surface area contributed by atoms with Crippen LogP contribution in [-0.4, -0.2) is 47.2 Å². The van der Waals surface area contributed by atoms with Gasteiger partial charge in [0.15, 0.2) is 0 Å². The molecular weight excluding hydrogens is 392 g/mol. The first kappa shape index (κ1) is 19.5. The number of benzene rings is 2. The minimum atomic E-state index is -0.0785. The molecule has 0 saturated carbocycles. The van der Waals surface area contributed by atoms with Gasteiger partial charge in [0.2, 0.25) is 5.91 Å². The number of fused-ring (bicyclic) bond motifs is 1. The predicted octanol–water partition coefficient (Wildman–Crippen LogP) is 2.58. The van der Waals surface area contributed by atoms with Crippen molar-refractivity contribution < 1.29 is 14.3 Å². The molecule has 7 nitrogen and oxygen atoms in total. The molecule has 3 heterocycles. The van der Waals surface area contributed by atoms with Crippen molar-refractivity contribution in [3.05, 3.63) is 83.9 Å². The van der Waals surface area contributed by atoms with Crippen LogP contribution < -0.4 is 10.2 Å². The molecule has 3 aromatic rings. The minimum absolute atomic E-state index is 0.00800. The molecular formula is C24H24N4O3. The summed E-state index contributed by atoms with van der Waals surface area (Å²) >= 11 is 0. The molecule has 0 aliphatic carbocycles. The first-order valence-electron chi connectivity index (χ1n) is 10.5. The van der Waals surface area contributed by atoms with Gasteiger partial charge in [0.1, 0.15) is 6.61 Å². The Bertz CT molecular complexity index is 1100. The second-order valence-electron chi connectivity index (χ2n) is 8.12. The average Bonchev–Trinajstić information content (AvgIpc) is 3.42. The van der Waals surface area contributed by atoms with Gasteiger partial charge < -0.3 is 19.5 Å². The number of nitrogens with one attached hydrogen (secondary N) is 1. The Morgan fingerprint density at radius 3 is 2.94 bits per heavy atom. The van der Waals surface area contributed by atoms with Gasteiger partial charge in [-0.05, 0) is 35.7 Å². The lowest BCUT2D eigenvalue weighted by Crippen LogP contribution is -2.46. The van der Waals surface area contributed by atoms with Gasteiger partial charge in [0, 0.05) is 42.7 Å². The fourth-order valence-electron chi connectivity index (χ4n) is 4.51. The maximum atomic E-state index is 13.5. The van der Waals surface area contributed by atoms with Crippen LogP contribution in [0.4, 0.5) is 5.69 Å². The smallest absolute Gasteiger partial charge is 0.258 e. The van der Waals surface area contributed by atoms with Crippen LogP contribution >= 0.6 is 0 Å². The van der Waals surface area contributed by atoms with Crippen molar-refractivity contribution in [1.29, 1.82) is 0 Å². The number of imidazole rings is 1. The Morgan fingerprint density at radius 2 is 2.10 bits per heavy atom. The van der Waals surface area contributed by atoms with E-state index in [0.29, 0.717) is 25.3 Å². The van der Waals surface area contributed by atoms with Crippen LogP contribution in [0.25, 0.3) is 0 Å². The van der Waals surface area contributed by atoms with Crippen LogP contribution in [0.5, 0.6) is 0 Å². The normalized spacial score (nSPS) is 20.4. The van der Waals surface area contributed by atoms with Crippen LogP contribution in [0.1, 0.15) is 33.8 Å². The maximum absolute atomic E-state index is 13.5. The van der Waals surface area contributed by atoms with Crippen molar-refractivity contribution in [3.8, 4) is 0 Å². The van der Waals surface area contributed by atoms with Crippen molar-refractivity contribution in [1.82, 2.24) is 14.9 Å². The maximum Gasteiger partial charge on any atom is 0.258 e. The first-order chi connectivity index (χ1) is 15.2. The number of carbonyl (C=O) groups excluding carboxylic acids is 2. The van der Waals surface area contributed by atoms with Gasteiger partial charge in [-0.1, -0.05) is 30.3 Å². The molecule has 1 fully saturated rings. The van der Waals surface area contributed by atoms with Gasteiger partial charge in [-0.25, -0.2) is 4.98 Å². The van der Waals surface area contributed by atoms with E-state index in [1.54, 1.807) is 12.5 Å². The Hall–Kier alpha value is -3.45. The zero-order valence-corrected chi connectivity index (χ0v) is 17.1. The molecule has 7 heteroatoms. The number of morpholine rings is 1. The van der Waals surface area contributed by atoms with E-state index in [4.69, 9.17) is 4.74 Å². The van der Waals surface area contributed by atoms with Crippen molar-refractivity contribution in [2.24, 2.45) is 0 Å². The SMILES string of the molecule is O=C1COCC(CC2CN(C(=O)c3cccc(Cn4ccnc4)c3)c3ccccc32)N1. The van der Waals surface area contributed by atoms with Gasteiger partial charge in [0.25, 0.3) is 5.91 Å². The molecule has 158 valence electrons. The molecule has 1 aromatic heterocycles. The summed E-state index contributed by atoms with van der Waals surface area (Å²) in [6.07, 6.45) is 6.16. The van der Waals surface area contributed by atoms with Crippen molar-refractivity contribution in [2.75, 3.05) is 24.7 Å². The molecule has 1 saturated heterocycles. The third kappa shape index (κ3) is 4.09. The molecule has 2 aromatic carbocycles. The number of carbonyl (C=O) groups is 2. The summed E-state index contributed by atoms with van der Waals surface area (Å²) in [6.45, 7) is 1.89. The Balaban J connectivity index is 1.36. The van der Waals surface area contributed by atoms with Gasteiger partial charge >= 0.3 is 0 Å². The van der Waals surface area contributed by atoms with Crippen molar-refractivity contribution in [3.63, 3.8) is 0 Å². The number of nitrogens with zero attached hydrogens (tertiary/aromatic N) is 3. The molecule has 2 aliphatic heterocycles. The highest BCUT2D eigenvalue weighted by Gasteiger charge is 2.35. The molecule has 2 atom stereocenters. The zero-order valence-electron chi connectivity index (χ0n) is 17.1. The molecule has 2 unspecified atom stereocenters. The van der Waals surface area contributed by atoms with E-state index in [1.165, 1.54) is 0 Å². The van der Waals surface area contributed by atoms with E-state index in [-0.39, 0.29) is 30.4 Å². The van der Waals surface area contributed by atoms with E-state index in [0.717, 1.165) is 23.2 Å². The monoisotopic (exact) mass is 416 g/mol. The molecule has 0 radical (unpaired) electrons. The number of ether oxygens (including phenoxy) is 1. The summed E-state index contributed by atoms with van der Waals surface area (Å²) in [5.41, 5.74) is 3.81. The molecule has 2 amide bonds. The highest BCUT2D eigenvalue weighted by Crippen LogP contribution is 2.39. The largest absolute Gasteiger partial charge is 0.370 e. The van der Waals surface area contributed by atoms with Gasteiger partial charge in [-0.3, -0.25) is 9.59 Å². The fourth-order valence-corrected chi connectivity index (χ4v) is 4.51. The Labute approximate surface area is 180 Å². The lowest BCUT2D eigenvalue weighted by Gasteiger charge is -2.26. The average molecular weight is 416 g/mol. The molecule has 31 heavy (non-hydrogen) atoms. The molecule has 2 aliphatic rings. The van der Waals surface area contributed by atoms with E-state index in [1.807, 2.05) is 58.1 Å². The molecule has 5 rings (SSSR count). The van der Waals surface area contributed by atoms with Crippen molar-refractivity contribution >= 4 is 17.5 Å². The molecule has 0 spiro atoms. The highest BCUT2D eigenvalue weighted by atomic mass is 16.5. The van der Waals surface area contributed by atoms with E-state index >= 15 is 0 Å². The van der Waals surface area contributed by atoms with Gasteiger partial charge in [-0.2, -0.15) is 0 Å². The van der Waals surface area contributed by atoms with Crippen LogP contribution in [0, 0.1) is 0 Å². The number of hydrogen-bond donors (Lipinski definition) is 1. The fraction of sp³-hybridized carbons (Fsp3) is 0.292. The Kier molecular flexibility index (Phi) is 5.26. The van der Waals surface area contributed by atoms with Crippen LogP contribution in [0.2, 0.25) is 0 Å². The predicted molar refractivity (Wildman–Crippen MR) is 116 cm³/mol. The summed E-state index contributed by atoms with van der Waals surface area (Å²) in [5, 5.41) is 3.00. The lowest BCUT2D eigenvalue weighted by molar-refractivity contribution is -0.131. The molecule has 0 bridgehead atoms. The summed E-state index contributed by atoms with van der Waals surface area (Å²) in [4.78, 5) is 31.1. The Morgan fingerprint density at radius 1 is 1.19 bits per heavy atom. The highest BCUT2D eigenvalue weighted by molar-refractivity contribution is 6.07. The number of amides is 2. The second-order valence-corrected chi connectivity index (χ2v) is 8.12. The molecule has 1 N–H and O–H groups in total. The van der Waals surface area contributed by atoms with Gasteiger partial charge in [0.05, 0.1) is 19.0 Å². The number of aromatic nitrogens is 2. The zero-order chi connectivity index (χ0) is 21.2. The topological polar surface area (TPSA) is 76.5 Å². The summed E-state index contributed by atoms with van der Waals surface area (Å²) in [7, 11) is 0. The first-order valence-corrected chi connectivity index (χ1v) is 10.5. The van der Waals surface area contributed by atoms with Crippen LogP contribution in [-0.2, 0) is 16.1 Å².